The number of carbonyl (C=O) groups excluding carboxylic acids is 1. The van der Waals surface area contributed by atoms with Crippen LogP contribution in [0, 0.1) is 11.6 Å². The van der Waals surface area contributed by atoms with E-state index in [9.17, 15) is 32.2 Å². The number of nitrogens with one attached hydrogen (secondary N) is 1. The van der Waals surface area contributed by atoms with E-state index in [4.69, 9.17) is 5.73 Å². The Balaban J connectivity index is 1.93. The number of aliphatic hydroxyl groups is 2. The van der Waals surface area contributed by atoms with Crippen LogP contribution in [0.2, 0.25) is 0 Å². The number of amides is 1. The SMILES string of the molecule is CC(O)Cc1cc(F)c(-c2cc(C(N)=O)c(Nc3cccc(CS(=O)(=O)CC(C)O)n3)s2)c(F)c1. The van der Waals surface area contributed by atoms with Crippen LogP contribution in [0.4, 0.5) is 19.6 Å². The zero-order valence-electron chi connectivity index (χ0n) is 19.0. The van der Waals surface area contributed by atoms with Crippen molar-refractivity contribution >= 4 is 37.9 Å². The second-order valence-corrected chi connectivity index (χ2v) is 11.4. The summed E-state index contributed by atoms with van der Waals surface area (Å²) in [5.41, 5.74) is 5.59. The van der Waals surface area contributed by atoms with Crippen LogP contribution in [0.5, 0.6) is 0 Å². The minimum Gasteiger partial charge on any atom is -0.393 e. The fourth-order valence-corrected chi connectivity index (χ4v) is 6.09. The summed E-state index contributed by atoms with van der Waals surface area (Å²) < 4.78 is 53.9. The van der Waals surface area contributed by atoms with Crippen molar-refractivity contribution in [3.8, 4) is 10.4 Å². The molecule has 3 rings (SSSR count). The predicted octanol–water partition coefficient (Wildman–Crippen LogP) is 3.15. The molecule has 1 amide bonds. The summed E-state index contributed by atoms with van der Waals surface area (Å²) >= 11 is 0.879. The second-order valence-electron chi connectivity index (χ2n) is 8.25. The molecule has 2 aromatic heterocycles. The number of thiophene rings is 1. The first-order valence-corrected chi connectivity index (χ1v) is 13.2. The van der Waals surface area contributed by atoms with Crippen LogP contribution in [-0.4, -0.2) is 47.5 Å². The highest BCUT2D eigenvalue weighted by atomic mass is 32.2. The number of nitrogens with zero attached hydrogens (tertiary/aromatic N) is 1. The zero-order chi connectivity index (χ0) is 25.9. The largest absolute Gasteiger partial charge is 0.393 e. The molecule has 0 aliphatic rings. The maximum absolute atomic E-state index is 14.8. The van der Waals surface area contributed by atoms with Crippen molar-refractivity contribution in [2.24, 2.45) is 5.73 Å². The minimum atomic E-state index is -3.61. The van der Waals surface area contributed by atoms with Crippen molar-refractivity contribution in [1.82, 2.24) is 4.98 Å². The Hall–Kier alpha value is -2.93. The summed E-state index contributed by atoms with van der Waals surface area (Å²) in [6, 6.07) is 8.10. The van der Waals surface area contributed by atoms with Gasteiger partial charge in [0, 0.05) is 4.88 Å². The third-order valence-electron chi connectivity index (χ3n) is 4.79. The molecule has 0 aliphatic carbocycles. The van der Waals surface area contributed by atoms with Gasteiger partial charge in [0.2, 0.25) is 0 Å². The first-order valence-electron chi connectivity index (χ1n) is 10.6. The molecular formula is C23H25F2N3O5S2. The molecule has 8 nitrogen and oxygen atoms in total. The van der Waals surface area contributed by atoms with E-state index in [2.05, 4.69) is 10.3 Å². The van der Waals surface area contributed by atoms with Gasteiger partial charge in [0.25, 0.3) is 5.91 Å². The number of hydrogen-bond donors (Lipinski definition) is 4. The quantitative estimate of drug-likeness (QED) is 0.318. The predicted molar refractivity (Wildman–Crippen MR) is 130 cm³/mol. The van der Waals surface area contributed by atoms with Gasteiger partial charge in [-0.3, -0.25) is 4.79 Å². The lowest BCUT2D eigenvalue weighted by molar-refractivity contribution is 0.100. The zero-order valence-corrected chi connectivity index (χ0v) is 20.6. The molecule has 5 N–H and O–H groups in total. The van der Waals surface area contributed by atoms with Gasteiger partial charge in [-0.05, 0) is 56.2 Å². The van der Waals surface area contributed by atoms with Gasteiger partial charge in [-0.15, -0.1) is 11.3 Å². The normalized spacial score (nSPS) is 13.4. The van der Waals surface area contributed by atoms with Gasteiger partial charge in [0.1, 0.15) is 22.5 Å². The number of sulfone groups is 1. The Bertz CT molecular complexity index is 1320. The fraction of sp³-hybridized carbons (Fsp3) is 0.304. The number of carbonyl (C=O) groups is 1. The molecule has 0 saturated heterocycles. The van der Waals surface area contributed by atoms with Crippen LogP contribution in [0.3, 0.4) is 0 Å². The molecule has 1 aromatic carbocycles. The molecule has 0 aliphatic heterocycles. The van der Waals surface area contributed by atoms with E-state index in [1.807, 2.05) is 0 Å². The van der Waals surface area contributed by atoms with E-state index in [-0.39, 0.29) is 44.5 Å². The molecular weight excluding hydrogens is 500 g/mol. The third-order valence-corrected chi connectivity index (χ3v) is 7.58. The number of halogens is 2. The van der Waals surface area contributed by atoms with Gasteiger partial charge in [-0.25, -0.2) is 22.2 Å². The molecule has 0 radical (unpaired) electrons. The minimum absolute atomic E-state index is 0.0224. The van der Waals surface area contributed by atoms with Crippen molar-refractivity contribution in [1.29, 1.82) is 0 Å². The Labute approximate surface area is 205 Å². The number of benzene rings is 1. The van der Waals surface area contributed by atoms with Crippen molar-refractivity contribution < 1.29 is 32.2 Å². The van der Waals surface area contributed by atoms with E-state index in [0.29, 0.717) is 0 Å². The summed E-state index contributed by atoms with van der Waals surface area (Å²) in [5, 5.41) is 21.9. The highest BCUT2D eigenvalue weighted by Crippen LogP contribution is 2.39. The molecule has 2 unspecified atom stereocenters. The summed E-state index contributed by atoms with van der Waals surface area (Å²) in [5.74, 6) is -3.17. The molecule has 35 heavy (non-hydrogen) atoms. The first-order chi connectivity index (χ1) is 16.3. The van der Waals surface area contributed by atoms with Gasteiger partial charge in [0.05, 0.1) is 40.5 Å². The topological polar surface area (TPSA) is 143 Å². The van der Waals surface area contributed by atoms with Crippen LogP contribution >= 0.6 is 11.3 Å². The number of pyridine rings is 1. The third kappa shape index (κ3) is 7.04. The van der Waals surface area contributed by atoms with Crippen LogP contribution < -0.4 is 11.1 Å². The monoisotopic (exact) mass is 525 g/mol. The average molecular weight is 526 g/mol. The van der Waals surface area contributed by atoms with Gasteiger partial charge in [-0.2, -0.15) is 0 Å². The smallest absolute Gasteiger partial charge is 0.251 e. The van der Waals surface area contributed by atoms with E-state index >= 15 is 0 Å². The lowest BCUT2D eigenvalue weighted by Crippen LogP contribution is -2.19. The Morgan fingerprint density at radius 1 is 1.14 bits per heavy atom. The van der Waals surface area contributed by atoms with Gasteiger partial charge in [-0.1, -0.05) is 6.07 Å². The summed E-state index contributed by atoms with van der Waals surface area (Å²) in [6.45, 7) is 2.88. The highest BCUT2D eigenvalue weighted by molar-refractivity contribution is 7.90. The number of primary amides is 1. The number of rotatable bonds is 10. The van der Waals surface area contributed by atoms with E-state index in [1.54, 1.807) is 6.07 Å². The summed E-state index contributed by atoms with van der Waals surface area (Å²) in [7, 11) is -3.61. The summed E-state index contributed by atoms with van der Waals surface area (Å²) in [4.78, 5) is 16.3. The Kier molecular flexibility index (Phi) is 8.21. The van der Waals surface area contributed by atoms with Crippen molar-refractivity contribution in [3.05, 3.63) is 64.9 Å². The first kappa shape index (κ1) is 26.7. The van der Waals surface area contributed by atoms with Crippen LogP contribution in [0.15, 0.2) is 36.4 Å². The lowest BCUT2D eigenvalue weighted by Gasteiger charge is -2.09. The van der Waals surface area contributed by atoms with E-state index < -0.39 is 51.1 Å². The summed E-state index contributed by atoms with van der Waals surface area (Å²) in [6.07, 6.45) is -1.72. The maximum Gasteiger partial charge on any atom is 0.251 e. The molecule has 0 bridgehead atoms. The van der Waals surface area contributed by atoms with Crippen LogP contribution in [-0.2, 0) is 22.0 Å². The molecule has 2 heterocycles. The molecule has 188 valence electrons. The number of aliphatic hydroxyl groups excluding tert-OH is 2. The average Bonchev–Trinajstić information content (AvgIpc) is 3.09. The number of anilines is 2. The standard InChI is InChI=1S/C23H25F2N3O5S2/c1-12(29)6-14-7-17(24)21(18(25)8-14)19-9-16(22(26)31)23(34-19)28-20-5-3-4-15(27-20)11-35(32,33)10-13(2)30/h3-5,7-9,12-13,29-30H,6,10-11H2,1-2H3,(H2,26,31)(H,27,28). The Morgan fingerprint density at radius 3 is 2.37 bits per heavy atom. The lowest BCUT2D eigenvalue weighted by atomic mass is 10.0. The fourth-order valence-electron chi connectivity index (χ4n) is 3.51. The van der Waals surface area contributed by atoms with Crippen molar-refractivity contribution in [2.75, 3.05) is 11.1 Å². The highest BCUT2D eigenvalue weighted by Gasteiger charge is 2.22. The molecule has 3 aromatic rings. The maximum atomic E-state index is 14.8. The van der Waals surface area contributed by atoms with Crippen molar-refractivity contribution in [2.45, 2.75) is 38.2 Å². The van der Waals surface area contributed by atoms with Crippen LogP contribution in [0.25, 0.3) is 10.4 Å². The van der Waals surface area contributed by atoms with Gasteiger partial charge in [0.15, 0.2) is 9.84 Å². The number of aromatic nitrogens is 1. The Morgan fingerprint density at radius 2 is 1.80 bits per heavy atom. The van der Waals surface area contributed by atoms with Gasteiger partial charge >= 0.3 is 0 Å². The van der Waals surface area contributed by atoms with E-state index in [1.165, 1.54) is 32.0 Å². The van der Waals surface area contributed by atoms with E-state index in [0.717, 1.165) is 23.5 Å². The molecule has 0 saturated carbocycles. The van der Waals surface area contributed by atoms with Crippen molar-refractivity contribution in [3.63, 3.8) is 0 Å². The molecule has 12 heteroatoms. The molecule has 0 spiro atoms. The number of nitrogens with two attached hydrogens (primary N) is 1. The van der Waals surface area contributed by atoms with Crippen LogP contribution in [0.1, 0.15) is 35.5 Å². The molecule has 2 atom stereocenters. The van der Waals surface area contributed by atoms with Gasteiger partial charge < -0.3 is 21.3 Å². The second kappa shape index (κ2) is 10.8. The molecule has 0 fully saturated rings. The number of hydrogen-bond acceptors (Lipinski definition) is 8.